The molecule has 1 rings (SSSR count). The monoisotopic (exact) mass is 292 g/mol. The highest BCUT2D eigenvalue weighted by molar-refractivity contribution is 9.10. The van der Waals surface area contributed by atoms with Crippen molar-refractivity contribution in [3.05, 3.63) is 27.2 Å². The number of carbonyl (C=O) groups is 1. The molecule has 1 aromatic rings. The van der Waals surface area contributed by atoms with Gasteiger partial charge >= 0.3 is 5.97 Å². The van der Waals surface area contributed by atoms with Crippen molar-refractivity contribution >= 4 is 33.5 Å². The summed E-state index contributed by atoms with van der Waals surface area (Å²) < 4.78 is 5.73. The van der Waals surface area contributed by atoms with Crippen LogP contribution < -0.4 is 4.74 Å². The van der Waals surface area contributed by atoms with Crippen molar-refractivity contribution in [2.75, 3.05) is 7.11 Å². The second kappa shape index (κ2) is 4.86. The molecule has 3 nitrogen and oxygen atoms in total. The molecule has 1 unspecified atom stereocenters. The van der Waals surface area contributed by atoms with Crippen LogP contribution in [0.3, 0.4) is 0 Å². The van der Waals surface area contributed by atoms with Crippen LogP contribution in [-0.4, -0.2) is 18.2 Å². The van der Waals surface area contributed by atoms with Crippen LogP contribution in [0.5, 0.6) is 5.75 Å². The van der Waals surface area contributed by atoms with Crippen LogP contribution in [-0.2, 0) is 4.79 Å². The van der Waals surface area contributed by atoms with Crippen molar-refractivity contribution in [2.45, 2.75) is 12.8 Å². The van der Waals surface area contributed by atoms with Gasteiger partial charge in [0.2, 0.25) is 0 Å². The first-order valence-corrected chi connectivity index (χ1v) is 5.40. The van der Waals surface area contributed by atoms with Gasteiger partial charge in [0, 0.05) is 11.1 Å². The summed E-state index contributed by atoms with van der Waals surface area (Å²) in [5.74, 6) is -0.963. The van der Waals surface area contributed by atoms with E-state index in [1.54, 1.807) is 19.1 Å². The van der Waals surface area contributed by atoms with E-state index in [2.05, 4.69) is 15.9 Å². The topological polar surface area (TPSA) is 46.5 Å². The van der Waals surface area contributed by atoms with Gasteiger partial charge in [0.1, 0.15) is 5.75 Å². The summed E-state index contributed by atoms with van der Waals surface area (Å²) in [6, 6.07) is 3.26. The predicted octanol–water partition coefficient (Wildman–Crippen LogP) is 3.30. The van der Waals surface area contributed by atoms with Gasteiger partial charge in [-0.25, -0.2) is 0 Å². The first-order chi connectivity index (χ1) is 6.97. The molecule has 0 aliphatic rings. The molecule has 0 aliphatic heterocycles. The lowest BCUT2D eigenvalue weighted by molar-refractivity contribution is -0.138. The van der Waals surface area contributed by atoms with Crippen LogP contribution in [0, 0.1) is 0 Å². The lowest BCUT2D eigenvalue weighted by atomic mass is 10.0. The van der Waals surface area contributed by atoms with Gasteiger partial charge in [0.15, 0.2) is 0 Å². The molecule has 82 valence electrons. The fraction of sp³-hybridized carbons (Fsp3) is 0.300. The molecule has 0 heterocycles. The first-order valence-electron chi connectivity index (χ1n) is 4.23. The second-order valence-electron chi connectivity index (χ2n) is 3.07. The van der Waals surface area contributed by atoms with Gasteiger partial charge in [-0.2, -0.15) is 0 Å². The molecule has 0 fully saturated rings. The molecule has 0 aliphatic carbocycles. The van der Waals surface area contributed by atoms with Gasteiger partial charge in [0.05, 0.1) is 17.5 Å². The van der Waals surface area contributed by atoms with E-state index in [4.69, 9.17) is 21.4 Å². The highest BCUT2D eigenvalue weighted by Crippen LogP contribution is 2.34. The Morgan fingerprint density at radius 2 is 2.20 bits per heavy atom. The SMILES string of the molecule is COc1cc(Cl)c(C(C)C(=O)O)cc1Br. The zero-order valence-electron chi connectivity index (χ0n) is 8.25. The number of carboxylic acids is 1. The molecule has 5 heteroatoms. The molecule has 0 bridgehead atoms. The summed E-state index contributed by atoms with van der Waals surface area (Å²) in [6.45, 7) is 1.59. The van der Waals surface area contributed by atoms with Crippen LogP contribution in [0.4, 0.5) is 0 Å². The molecule has 0 aromatic heterocycles. The Labute approximate surface area is 101 Å². The van der Waals surface area contributed by atoms with E-state index in [0.717, 1.165) is 0 Å². The van der Waals surface area contributed by atoms with Crippen molar-refractivity contribution in [1.29, 1.82) is 0 Å². The maximum absolute atomic E-state index is 10.8. The summed E-state index contributed by atoms with van der Waals surface area (Å²) >= 11 is 9.24. The van der Waals surface area contributed by atoms with E-state index in [1.807, 2.05) is 0 Å². The molecule has 1 N–H and O–H groups in total. The van der Waals surface area contributed by atoms with Crippen LogP contribution in [0.1, 0.15) is 18.4 Å². The van der Waals surface area contributed by atoms with Crippen molar-refractivity contribution < 1.29 is 14.6 Å². The van der Waals surface area contributed by atoms with Crippen LogP contribution in [0.25, 0.3) is 0 Å². The van der Waals surface area contributed by atoms with E-state index in [0.29, 0.717) is 20.8 Å². The van der Waals surface area contributed by atoms with Crippen molar-refractivity contribution in [3.63, 3.8) is 0 Å². The third-order valence-electron chi connectivity index (χ3n) is 2.11. The Bertz CT molecular complexity index is 392. The Balaban J connectivity index is 3.21. The average Bonchev–Trinajstić information content (AvgIpc) is 2.19. The molecule has 0 amide bonds. The number of aliphatic carboxylic acids is 1. The van der Waals surface area contributed by atoms with Crippen LogP contribution >= 0.6 is 27.5 Å². The van der Waals surface area contributed by atoms with Gasteiger partial charge in [-0.1, -0.05) is 11.6 Å². The van der Waals surface area contributed by atoms with Crippen LogP contribution in [0.15, 0.2) is 16.6 Å². The minimum Gasteiger partial charge on any atom is -0.496 e. The standard InChI is InChI=1S/C10H10BrClO3/c1-5(10(13)14)6-3-7(11)9(15-2)4-8(6)12/h3-5H,1-2H3,(H,13,14). The van der Waals surface area contributed by atoms with Gasteiger partial charge < -0.3 is 9.84 Å². The maximum atomic E-state index is 10.8. The van der Waals surface area contributed by atoms with Gasteiger partial charge in [-0.05, 0) is 34.5 Å². The number of rotatable bonds is 3. The molecule has 0 saturated carbocycles. The lowest BCUT2D eigenvalue weighted by Gasteiger charge is -2.12. The summed E-state index contributed by atoms with van der Waals surface area (Å²) in [5, 5.41) is 9.27. The summed E-state index contributed by atoms with van der Waals surface area (Å²) in [4.78, 5) is 10.8. The van der Waals surface area contributed by atoms with Crippen molar-refractivity contribution in [3.8, 4) is 5.75 Å². The Morgan fingerprint density at radius 1 is 1.60 bits per heavy atom. The number of hydrogen-bond donors (Lipinski definition) is 1. The zero-order valence-corrected chi connectivity index (χ0v) is 10.6. The van der Waals surface area contributed by atoms with E-state index in [1.165, 1.54) is 7.11 Å². The molecule has 0 radical (unpaired) electrons. The van der Waals surface area contributed by atoms with E-state index in [-0.39, 0.29) is 0 Å². The highest BCUT2D eigenvalue weighted by Gasteiger charge is 2.18. The van der Waals surface area contributed by atoms with Crippen molar-refractivity contribution in [1.82, 2.24) is 0 Å². The predicted molar refractivity (Wildman–Crippen MR) is 61.8 cm³/mol. The molecular weight excluding hydrogens is 283 g/mol. The average molecular weight is 294 g/mol. The lowest BCUT2D eigenvalue weighted by Crippen LogP contribution is -2.08. The summed E-state index contributed by atoms with van der Waals surface area (Å²) in [7, 11) is 1.52. The largest absolute Gasteiger partial charge is 0.496 e. The molecule has 0 spiro atoms. The van der Waals surface area contributed by atoms with Gasteiger partial charge in [-0.15, -0.1) is 0 Å². The summed E-state index contributed by atoms with van der Waals surface area (Å²) in [6.07, 6.45) is 0. The van der Waals surface area contributed by atoms with Crippen molar-refractivity contribution in [2.24, 2.45) is 0 Å². The van der Waals surface area contributed by atoms with E-state index in [9.17, 15) is 4.79 Å². The molecule has 1 atom stereocenters. The third-order valence-corrected chi connectivity index (χ3v) is 3.06. The normalized spacial score (nSPS) is 12.3. The number of halogens is 2. The smallest absolute Gasteiger partial charge is 0.310 e. The minimum atomic E-state index is -0.908. The number of methoxy groups -OCH3 is 1. The first kappa shape index (κ1) is 12.3. The number of ether oxygens (including phenoxy) is 1. The van der Waals surface area contributed by atoms with Gasteiger partial charge in [-0.3, -0.25) is 4.79 Å². The van der Waals surface area contributed by atoms with Gasteiger partial charge in [0.25, 0.3) is 0 Å². The minimum absolute atomic E-state index is 0.393. The molecule has 1 aromatic carbocycles. The number of hydrogen-bond acceptors (Lipinski definition) is 2. The molecular formula is C10H10BrClO3. The molecule has 0 saturated heterocycles. The van der Waals surface area contributed by atoms with Crippen LogP contribution in [0.2, 0.25) is 5.02 Å². The Morgan fingerprint density at radius 3 is 2.67 bits per heavy atom. The summed E-state index contributed by atoms with van der Waals surface area (Å²) in [5.41, 5.74) is 0.567. The van der Waals surface area contributed by atoms with E-state index >= 15 is 0 Å². The maximum Gasteiger partial charge on any atom is 0.310 e. The second-order valence-corrected chi connectivity index (χ2v) is 4.33. The molecule has 15 heavy (non-hydrogen) atoms. The highest BCUT2D eigenvalue weighted by atomic mass is 79.9. The quantitative estimate of drug-likeness (QED) is 0.930. The zero-order chi connectivity index (χ0) is 11.6. The fourth-order valence-electron chi connectivity index (χ4n) is 1.17. The number of carboxylic acid groups (broad SMARTS) is 1. The number of benzene rings is 1. The van der Waals surface area contributed by atoms with E-state index < -0.39 is 11.9 Å². The third kappa shape index (κ3) is 2.63. The Kier molecular flexibility index (Phi) is 3.99. The Hall–Kier alpha value is -0.740. The fourth-order valence-corrected chi connectivity index (χ4v) is 2.01.